The standard InChI is InChI=1S/C11H10Cl2N2O2S/c1-6-9(13)14-11(17)15(10(6)16)5-4-7-2-3-8(12)18-7/h2-3H,4-5H2,1H3,(H,14,17). The minimum absolute atomic E-state index is 0.0976. The minimum Gasteiger partial charge on any atom is -0.297 e. The molecule has 4 nitrogen and oxygen atoms in total. The van der Waals surface area contributed by atoms with Crippen LogP contribution in [0.4, 0.5) is 0 Å². The van der Waals surface area contributed by atoms with Crippen LogP contribution < -0.4 is 11.2 Å². The van der Waals surface area contributed by atoms with Crippen molar-refractivity contribution in [3.05, 3.63) is 52.9 Å². The first-order valence-corrected chi connectivity index (χ1v) is 6.79. The average molecular weight is 305 g/mol. The SMILES string of the molecule is Cc1c(Cl)[nH]c(=O)n(CCc2ccc(Cl)s2)c1=O. The van der Waals surface area contributed by atoms with Gasteiger partial charge in [0, 0.05) is 23.4 Å². The highest BCUT2D eigenvalue weighted by Gasteiger charge is 2.09. The van der Waals surface area contributed by atoms with Crippen molar-refractivity contribution >= 4 is 34.5 Å². The van der Waals surface area contributed by atoms with Gasteiger partial charge in [-0.25, -0.2) is 4.79 Å². The lowest BCUT2D eigenvalue weighted by Gasteiger charge is -2.05. The molecule has 2 aromatic rings. The number of hydrogen-bond acceptors (Lipinski definition) is 3. The summed E-state index contributed by atoms with van der Waals surface area (Å²) >= 11 is 13.0. The second kappa shape index (κ2) is 5.30. The van der Waals surface area contributed by atoms with Crippen molar-refractivity contribution in [2.24, 2.45) is 0 Å². The van der Waals surface area contributed by atoms with E-state index in [9.17, 15) is 9.59 Å². The molecule has 0 saturated carbocycles. The Morgan fingerprint density at radius 1 is 1.33 bits per heavy atom. The van der Waals surface area contributed by atoms with Gasteiger partial charge in [0.2, 0.25) is 0 Å². The Morgan fingerprint density at radius 2 is 2.06 bits per heavy atom. The molecule has 0 bridgehead atoms. The molecule has 2 heterocycles. The summed E-state index contributed by atoms with van der Waals surface area (Å²) in [5, 5.41) is 0.0976. The number of nitrogens with one attached hydrogen (secondary N) is 1. The normalized spacial score (nSPS) is 10.8. The van der Waals surface area contributed by atoms with Gasteiger partial charge in [-0.15, -0.1) is 11.3 Å². The van der Waals surface area contributed by atoms with Crippen molar-refractivity contribution in [1.29, 1.82) is 0 Å². The van der Waals surface area contributed by atoms with Crippen LogP contribution in [0.3, 0.4) is 0 Å². The fraction of sp³-hybridized carbons (Fsp3) is 0.273. The first kappa shape index (κ1) is 13.4. The molecule has 2 aromatic heterocycles. The van der Waals surface area contributed by atoms with Crippen molar-refractivity contribution in [3.8, 4) is 0 Å². The Kier molecular flexibility index (Phi) is 3.94. The summed E-state index contributed by atoms with van der Waals surface area (Å²) in [6.45, 7) is 1.89. The van der Waals surface area contributed by atoms with Crippen LogP contribution in [0.1, 0.15) is 10.4 Å². The smallest absolute Gasteiger partial charge is 0.297 e. The van der Waals surface area contributed by atoms with Crippen molar-refractivity contribution in [2.45, 2.75) is 19.9 Å². The van der Waals surface area contributed by atoms with Gasteiger partial charge in [-0.3, -0.25) is 14.3 Å². The summed E-state index contributed by atoms with van der Waals surface area (Å²) in [7, 11) is 0. The molecule has 0 aromatic carbocycles. The second-order valence-corrected chi connectivity index (χ2v) is 5.96. The number of aryl methyl sites for hydroxylation is 1. The lowest BCUT2D eigenvalue weighted by atomic mass is 10.3. The predicted octanol–water partition coefficient (Wildman–Crippen LogP) is 2.46. The van der Waals surface area contributed by atoms with Gasteiger partial charge in [0.25, 0.3) is 5.56 Å². The molecule has 0 unspecified atom stereocenters. The van der Waals surface area contributed by atoms with Crippen molar-refractivity contribution in [3.63, 3.8) is 0 Å². The van der Waals surface area contributed by atoms with Crippen LogP contribution in [0.15, 0.2) is 21.7 Å². The van der Waals surface area contributed by atoms with E-state index >= 15 is 0 Å². The van der Waals surface area contributed by atoms with E-state index in [2.05, 4.69) is 4.98 Å². The van der Waals surface area contributed by atoms with Crippen LogP contribution in [0.2, 0.25) is 9.49 Å². The lowest BCUT2D eigenvalue weighted by molar-refractivity contribution is 0.626. The number of halogens is 2. The molecular formula is C11H10Cl2N2O2S. The molecule has 0 atom stereocenters. The van der Waals surface area contributed by atoms with Crippen LogP contribution in [0.5, 0.6) is 0 Å². The van der Waals surface area contributed by atoms with Gasteiger partial charge in [-0.2, -0.15) is 0 Å². The summed E-state index contributed by atoms with van der Waals surface area (Å²) in [5.74, 6) is 0. The minimum atomic E-state index is -0.488. The van der Waals surface area contributed by atoms with Crippen LogP contribution in [0.25, 0.3) is 0 Å². The Balaban J connectivity index is 2.28. The van der Waals surface area contributed by atoms with Gasteiger partial charge in [0.1, 0.15) is 5.15 Å². The molecule has 1 N–H and O–H groups in total. The zero-order chi connectivity index (χ0) is 13.3. The molecule has 0 aliphatic rings. The molecule has 2 rings (SSSR count). The van der Waals surface area contributed by atoms with Gasteiger partial charge in [0.05, 0.1) is 4.34 Å². The summed E-state index contributed by atoms with van der Waals surface area (Å²) < 4.78 is 1.84. The molecule has 0 aliphatic carbocycles. The maximum absolute atomic E-state index is 11.9. The van der Waals surface area contributed by atoms with E-state index < -0.39 is 5.69 Å². The summed E-state index contributed by atoms with van der Waals surface area (Å²) in [6, 6.07) is 3.68. The monoisotopic (exact) mass is 304 g/mol. The molecule has 0 radical (unpaired) electrons. The molecule has 96 valence electrons. The van der Waals surface area contributed by atoms with E-state index in [1.165, 1.54) is 11.3 Å². The molecule has 0 aliphatic heterocycles. The van der Waals surface area contributed by atoms with Gasteiger partial charge in [-0.1, -0.05) is 23.2 Å². The van der Waals surface area contributed by atoms with E-state index in [1.807, 2.05) is 6.07 Å². The van der Waals surface area contributed by atoms with Crippen molar-refractivity contribution in [2.75, 3.05) is 0 Å². The number of thiophene rings is 1. The average Bonchev–Trinajstić information content (AvgIpc) is 2.72. The lowest BCUT2D eigenvalue weighted by Crippen LogP contribution is -2.37. The highest BCUT2D eigenvalue weighted by Crippen LogP contribution is 2.21. The van der Waals surface area contributed by atoms with Crippen LogP contribution >= 0.6 is 34.5 Å². The van der Waals surface area contributed by atoms with E-state index in [0.29, 0.717) is 22.9 Å². The number of hydrogen-bond donors (Lipinski definition) is 1. The number of aromatic amines is 1. The number of aromatic nitrogens is 2. The van der Waals surface area contributed by atoms with E-state index in [0.717, 1.165) is 9.44 Å². The molecule has 18 heavy (non-hydrogen) atoms. The van der Waals surface area contributed by atoms with Crippen LogP contribution in [0, 0.1) is 6.92 Å². The Hall–Kier alpha value is -1.04. The highest BCUT2D eigenvalue weighted by molar-refractivity contribution is 7.16. The molecule has 7 heteroatoms. The zero-order valence-electron chi connectivity index (χ0n) is 9.50. The number of rotatable bonds is 3. The van der Waals surface area contributed by atoms with Gasteiger partial charge in [-0.05, 0) is 19.1 Å². The van der Waals surface area contributed by atoms with E-state index in [-0.39, 0.29) is 10.7 Å². The Bertz CT molecular complexity index is 687. The van der Waals surface area contributed by atoms with Crippen LogP contribution in [-0.4, -0.2) is 9.55 Å². The number of H-pyrrole nitrogens is 1. The Morgan fingerprint density at radius 3 is 2.67 bits per heavy atom. The fourth-order valence-corrected chi connectivity index (χ4v) is 2.79. The van der Waals surface area contributed by atoms with Gasteiger partial charge in [0.15, 0.2) is 0 Å². The third-order valence-corrected chi connectivity index (χ3v) is 4.24. The predicted molar refractivity (Wildman–Crippen MR) is 74.1 cm³/mol. The molecule has 0 spiro atoms. The quantitative estimate of drug-likeness (QED) is 0.886. The summed E-state index contributed by atoms with van der Waals surface area (Å²) in [6.07, 6.45) is 0.585. The fourth-order valence-electron chi connectivity index (χ4n) is 1.55. The molecular weight excluding hydrogens is 295 g/mol. The van der Waals surface area contributed by atoms with E-state index in [1.54, 1.807) is 13.0 Å². The summed E-state index contributed by atoms with van der Waals surface area (Å²) in [5.41, 5.74) is -0.495. The van der Waals surface area contributed by atoms with Crippen molar-refractivity contribution in [1.82, 2.24) is 9.55 Å². The highest BCUT2D eigenvalue weighted by atomic mass is 35.5. The summed E-state index contributed by atoms with van der Waals surface area (Å²) in [4.78, 5) is 27.0. The molecule has 0 saturated heterocycles. The molecule has 0 amide bonds. The topological polar surface area (TPSA) is 54.9 Å². The van der Waals surface area contributed by atoms with Gasteiger partial charge < -0.3 is 0 Å². The second-order valence-electron chi connectivity index (χ2n) is 3.78. The van der Waals surface area contributed by atoms with Gasteiger partial charge >= 0.3 is 5.69 Å². The van der Waals surface area contributed by atoms with Crippen LogP contribution in [-0.2, 0) is 13.0 Å². The third kappa shape index (κ3) is 2.68. The van der Waals surface area contributed by atoms with Crippen molar-refractivity contribution < 1.29 is 0 Å². The zero-order valence-corrected chi connectivity index (χ0v) is 11.8. The first-order chi connectivity index (χ1) is 8.49. The largest absolute Gasteiger partial charge is 0.329 e. The number of nitrogens with zero attached hydrogens (tertiary/aromatic N) is 1. The maximum Gasteiger partial charge on any atom is 0.329 e. The Labute approximate surface area is 117 Å². The molecule has 0 fully saturated rings. The third-order valence-electron chi connectivity index (χ3n) is 2.57. The maximum atomic E-state index is 11.9. The van der Waals surface area contributed by atoms with E-state index in [4.69, 9.17) is 23.2 Å². The first-order valence-electron chi connectivity index (χ1n) is 5.22.